The first kappa shape index (κ1) is 23.7. The molecule has 9 heteroatoms. The number of nitrogens with zero attached hydrogens (tertiary/aromatic N) is 6. The maximum Gasteiger partial charge on any atom is 0.179 e. The Hall–Kier alpha value is -5.44. The Kier molecular flexibility index (Phi) is 5.38. The van der Waals surface area contributed by atoms with Crippen molar-refractivity contribution in [2.75, 3.05) is 10.2 Å². The molecule has 0 radical (unpaired) electrons. The predicted molar refractivity (Wildman–Crippen MR) is 156 cm³/mol. The van der Waals surface area contributed by atoms with Crippen molar-refractivity contribution >= 4 is 34.6 Å². The lowest BCUT2D eigenvalue weighted by Crippen LogP contribution is -2.46. The summed E-state index contributed by atoms with van der Waals surface area (Å²) in [5, 5.41) is 29.0. The van der Waals surface area contributed by atoms with Gasteiger partial charge < -0.3 is 20.4 Å². The molecule has 2 aromatic heterocycles. The average Bonchev–Trinajstić information content (AvgIpc) is 3.31. The molecular weight excluding hydrogens is 502 g/mol. The van der Waals surface area contributed by atoms with Crippen LogP contribution >= 0.6 is 0 Å². The largest absolute Gasteiger partial charge is 0.504 e. The zero-order valence-corrected chi connectivity index (χ0v) is 21.8. The Bertz CT molecular complexity index is 1830. The number of benzene rings is 3. The van der Waals surface area contributed by atoms with Crippen LogP contribution in [0.5, 0.6) is 11.5 Å². The first-order valence-electron chi connectivity index (χ1n) is 12.9. The van der Waals surface area contributed by atoms with Gasteiger partial charge in [0.15, 0.2) is 34.8 Å². The van der Waals surface area contributed by atoms with E-state index < -0.39 is 6.04 Å². The molecule has 0 amide bonds. The highest BCUT2D eigenvalue weighted by Gasteiger charge is 2.41. The number of para-hydroxylation sites is 2. The molecule has 0 bridgehead atoms. The molecule has 0 unspecified atom stereocenters. The van der Waals surface area contributed by atoms with E-state index in [4.69, 9.17) is 15.1 Å². The second-order valence-corrected chi connectivity index (χ2v) is 9.82. The molecule has 0 saturated carbocycles. The molecule has 3 N–H and O–H groups in total. The summed E-state index contributed by atoms with van der Waals surface area (Å²) in [5.74, 6) is 2.05. The summed E-state index contributed by atoms with van der Waals surface area (Å²) in [6.07, 6.45) is 1.72. The van der Waals surface area contributed by atoms with Crippen molar-refractivity contribution in [2.45, 2.75) is 19.9 Å². The number of hydrogen-bond donors (Lipinski definition) is 3. The van der Waals surface area contributed by atoms with Crippen LogP contribution in [0.3, 0.4) is 0 Å². The van der Waals surface area contributed by atoms with Gasteiger partial charge in [-0.15, -0.1) is 0 Å². The third-order valence-electron chi connectivity index (χ3n) is 7.13. The lowest BCUT2D eigenvalue weighted by molar-refractivity contribution is 0.403. The Morgan fingerprint density at radius 3 is 2.40 bits per heavy atom. The number of aromatic hydroxyl groups is 2. The number of nitrogens with one attached hydrogen (secondary N) is 1. The molecule has 9 nitrogen and oxygen atoms in total. The number of fused-ring (bicyclic) bond motifs is 4. The molecule has 0 fully saturated rings. The molecule has 3 aromatic carbocycles. The lowest BCUT2D eigenvalue weighted by atomic mass is 9.93. The van der Waals surface area contributed by atoms with Gasteiger partial charge in [0.2, 0.25) is 0 Å². The van der Waals surface area contributed by atoms with Crippen LogP contribution in [0.2, 0.25) is 0 Å². The minimum Gasteiger partial charge on any atom is -0.504 e. The Balaban J connectivity index is 1.50. The number of phenolic OH excluding ortho intramolecular Hbond substituents is 2. The normalized spacial score (nSPS) is 15.4. The standard InChI is InChI=1S/C31H25N7O2/c1-18-10-13-21(14-11-18)33-29-31-35-30-27(19(2)36-38(30)26-9-5-6-16-32-26)28(20-12-15-24(39)25(40)17-20)37(31)23-8-4-3-7-22(23)34-29/h3-17,28,39-40H,1-2H3,(H,33,34)/t28-/m0/s1. The minimum atomic E-state index is -0.432. The van der Waals surface area contributed by atoms with Crippen molar-refractivity contribution < 1.29 is 10.2 Å². The predicted octanol–water partition coefficient (Wildman–Crippen LogP) is 6.09. The first-order chi connectivity index (χ1) is 19.5. The molecule has 40 heavy (non-hydrogen) atoms. The number of pyridine rings is 1. The van der Waals surface area contributed by atoms with Gasteiger partial charge in [0.1, 0.15) is 0 Å². The number of rotatable bonds is 3. The van der Waals surface area contributed by atoms with E-state index in [2.05, 4.69) is 15.2 Å². The number of aromatic nitrogens is 3. The summed E-state index contributed by atoms with van der Waals surface area (Å²) in [7, 11) is 0. The summed E-state index contributed by atoms with van der Waals surface area (Å²) in [4.78, 5) is 16.8. The molecule has 0 saturated heterocycles. The summed E-state index contributed by atoms with van der Waals surface area (Å²) in [5.41, 5.74) is 6.08. The van der Waals surface area contributed by atoms with Crippen LogP contribution in [0.1, 0.15) is 28.4 Å². The molecule has 7 rings (SSSR count). The monoisotopic (exact) mass is 527 g/mol. The van der Waals surface area contributed by atoms with Gasteiger partial charge >= 0.3 is 0 Å². The second-order valence-electron chi connectivity index (χ2n) is 9.82. The van der Waals surface area contributed by atoms with Crippen LogP contribution in [0.15, 0.2) is 101 Å². The molecule has 2 aliphatic heterocycles. The Labute approximate surface area is 230 Å². The molecule has 1 atom stereocenters. The number of amidine groups is 2. The number of phenols is 2. The highest BCUT2D eigenvalue weighted by Crippen LogP contribution is 2.49. The third kappa shape index (κ3) is 3.79. The van der Waals surface area contributed by atoms with Gasteiger partial charge in [-0.25, -0.2) is 15.0 Å². The van der Waals surface area contributed by atoms with E-state index in [1.54, 1.807) is 16.9 Å². The van der Waals surface area contributed by atoms with Crippen molar-refractivity contribution in [3.8, 4) is 17.3 Å². The molecule has 2 aliphatic rings. The van der Waals surface area contributed by atoms with Crippen LogP contribution in [0.25, 0.3) is 5.82 Å². The SMILES string of the molecule is Cc1ccc(NC2=Nc3ccccc3N3C2=Nc2c(c(C)nn2-c2ccccn2)[C@@H]3c2ccc(O)c(O)c2)cc1. The van der Waals surface area contributed by atoms with Gasteiger partial charge in [-0.3, -0.25) is 0 Å². The van der Waals surface area contributed by atoms with Crippen LogP contribution in [-0.4, -0.2) is 36.6 Å². The van der Waals surface area contributed by atoms with Crippen molar-refractivity contribution in [1.29, 1.82) is 0 Å². The van der Waals surface area contributed by atoms with Gasteiger partial charge in [0.25, 0.3) is 0 Å². The van der Waals surface area contributed by atoms with Gasteiger partial charge in [0.05, 0.1) is 23.1 Å². The van der Waals surface area contributed by atoms with E-state index in [1.165, 1.54) is 6.07 Å². The Morgan fingerprint density at radius 2 is 1.62 bits per heavy atom. The fourth-order valence-corrected chi connectivity index (χ4v) is 5.24. The maximum atomic E-state index is 10.5. The van der Waals surface area contributed by atoms with Crippen molar-refractivity contribution in [1.82, 2.24) is 14.8 Å². The van der Waals surface area contributed by atoms with Crippen LogP contribution in [0, 0.1) is 13.8 Å². The molecule has 0 aliphatic carbocycles. The fourth-order valence-electron chi connectivity index (χ4n) is 5.24. The molecular formula is C31H25N7O2. The fraction of sp³-hybridized carbons (Fsp3) is 0.0968. The molecule has 196 valence electrons. The van der Waals surface area contributed by atoms with Gasteiger partial charge in [0, 0.05) is 17.4 Å². The van der Waals surface area contributed by atoms with E-state index in [0.717, 1.165) is 39.4 Å². The van der Waals surface area contributed by atoms with Gasteiger partial charge in [-0.2, -0.15) is 9.78 Å². The number of anilines is 2. The summed E-state index contributed by atoms with van der Waals surface area (Å²) >= 11 is 0. The second kappa shape index (κ2) is 9.09. The highest BCUT2D eigenvalue weighted by molar-refractivity contribution is 6.51. The summed E-state index contributed by atoms with van der Waals surface area (Å²) < 4.78 is 1.74. The maximum absolute atomic E-state index is 10.5. The van der Waals surface area contributed by atoms with Crippen LogP contribution in [0.4, 0.5) is 22.9 Å². The average molecular weight is 528 g/mol. The Morgan fingerprint density at radius 1 is 0.825 bits per heavy atom. The van der Waals surface area contributed by atoms with Crippen LogP contribution < -0.4 is 10.2 Å². The van der Waals surface area contributed by atoms with Crippen molar-refractivity contribution in [3.05, 3.63) is 114 Å². The topological polar surface area (TPSA) is 111 Å². The zero-order valence-electron chi connectivity index (χ0n) is 21.8. The van der Waals surface area contributed by atoms with Crippen molar-refractivity contribution in [3.63, 3.8) is 0 Å². The molecule has 4 heterocycles. The third-order valence-corrected chi connectivity index (χ3v) is 7.13. The van der Waals surface area contributed by atoms with E-state index in [-0.39, 0.29) is 11.5 Å². The number of hydrogen-bond acceptors (Lipinski definition) is 8. The van der Waals surface area contributed by atoms with Gasteiger partial charge in [-0.05, 0) is 67.9 Å². The molecule has 0 spiro atoms. The first-order valence-corrected chi connectivity index (χ1v) is 12.9. The van der Waals surface area contributed by atoms with E-state index in [9.17, 15) is 10.2 Å². The summed E-state index contributed by atoms with van der Waals surface area (Å²) in [6, 6.07) is 26.1. The smallest absolute Gasteiger partial charge is 0.179 e. The van der Waals surface area contributed by atoms with E-state index >= 15 is 0 Å². The quantitative estimate of drug-likeness (QED) is 0.245. The van der Waals surface area contributed by atoms with E-state index in [0.29, 0.717) is 23.3 Å². The highest BCUT2D eigenvalue weighted by atomic mass is 16.3. The molecule has 5 aromatic rings. The zero-order chi connectivity index (χ0) is 27.4. The van der Waals surface area contributed by atoms with Crippen LogP contribution in [-0.2, 0) is 0 Å². The van der Waals surface area contributed by atoms with Gasteiger partial charge in [-0.1, -0.05) is 42.0 Å². The number of aliphatic imine (C=N–C) groups is 2. The van der Waals surface area contributed by atoms with E-state index in [1.807, 2.05) is 86.6 Å². The lowest BCUT2D eigenvalue weighted by Gasteiger charge is -2.40. The van der Waals surface area contributed by atoms with Crippen molar-refractivity contribution in [2.24, 2.45) is 9.98 Å². The number of aryl methyl sites for hydroxylation is 2. The summed E-state index contributed by atoms with van der Waals surface area (Å²) in [6.45, 7) is 3.99. The minimum absolute atomic E-state index is 0.183.